The summed E-state index contributed by atoms with van der Waals surface area (Å²) in [5, 5.41) is 3.92. The molecule has 1 aliphatic rings. The van der Waals surface area contributed by atoms with Crippen LogP contribution >= 0.6 is 0 Å². The number of aromatic nitrogens is 3. The molecule has 2 N–H and O–H groups in total. The minimum absolute atomic E-state index is 0.0855. The number of benzene rings is 1. The SMILES string of the molecule is CCOc1cc(N2CCCC2)nc2cc(C(=O)NCCCc3ncc[nH]3)ccc12. The summed E-state index contributed by atoms with van der Waals surface area (Å²) in [6.07, 6.45) is 7.56. The first-order chi connectivity index (χ1) is 14.2. The molecule has 7 heteroatoms. The van der Waals surface area contributed by atoms with E-state index in [0.29, 0.717) is 18.7 Å². The van der Waals surface area contributed by atoms with Crippen LogP contribution in [-0.4, -0.2) is 47.1 Å². The van der Waals surface area contributed by atoms with Crippen LogP contribution in [0.1, 0.15) is 42.4 Å². The van der Waals surface area contributed by atoms with Crippen molar-refractivity contribution in [1.29, 1.82) is 0 Å². The maximum atomic E-state index is 12.6. The van der Waals surface area contributed by atoms with E-state index in [1.807, 2.05) is 37.4 Å². The topological polar surface area (TPSA) is 83.1 Å². The fraction of sp³-hybridized carbons (Fsp3) is 0.409. The Labute approximate surface area is 170 Å². The van der Waals surface area contributed by atoms with Crippen molar-refractivity contribution in [1.82, 2.24) is 20.3 Å². The summed E-state index contributed by atoms with van der Waals surface area (Å²) < 4.78 is 5.86. The van der Waals surface area contributed by atoms with Crippen molar-refractivity contribution in [3.8, 4) is 5.75 Å². The zero-order chi connectivity index (χ0) is 20.1. The Bertz CT molecular complexity index is 965. The van der Waals surface area contributed by atoms with Crippen LogP contribution in [0.4, 0.5) is 5.82 Å². The molecule has 3 aromatic rings. The van der Waals surface area contributed by atoms with Crippen LogP contribution in [-0.2, 0) is 6.42 Å². The number of aromatic amines is 1. The third-order valence-corrected chi connectivity index (χ3v) is 5.18. The molecule has 7 nitrogen and oxygen atoms in total. The summed E-state index contributed by atoms with van der Waals surface area (Å²) >= 11 is 0. The molecule has 1 aromatic carbocycles. The maximum Gasteiger partial charge on any atom is 0.251 e. The lowest BCUT2D eigenvalue weighted by Crippen LogP contribution is -2.25. The number of H-pyrrole nitrogens is 1. The predicted molar refractivity (Wildman–Crippen MR) is 114 cm³/mol. The van der Waals surface area contributed by atoms with Gasteiger partial charge in [0, 0.05) is 55.5 Å². The van der Waals surface area contributed by atoms with Crippen LogP contribution in [0.25, 0.3) is 10.9 Å². The Morgan fingerprint density at radius 1 is 1.28 bits per heavy atom. The van der Waals surface area contributed by atoms with Crippen molar-refractivity contribution in [3.63, 3.8) is 0 Å². The van der Waals surface area contributed by atoms with Crippen LogP contribution in [0.2, 0.25) is 0 Å². The molecular formula is C22H27N5O2. The highest BCUT2D eigenvalue weighted by molar-refractivity contribution is 5.99. The smallest absolute Gasteiger partial charge is 0.251 e. The Morgan fingerprint density at radius 2 is 2.14 bits per heavy atom. The Kier molecular flexibility index (Phi) is 5.93. The Balaban J connectivity index is 1.49. The number of hydrogen-bond donors (Lipinski definition) is 2. The van der Waals surface area contributed by atoms with E-state index in [1.54, 1.807) is 6.20 Å². The van der Waals surface area contributed by atoms with Crippen molar-refractivity contribution in [2.24, 2.45) is 0 Å². The van der Waals surface area contributed by atoms with Gasteiger partial charge >= 0.3 is 0 Å². The lowest BCUT2D eigenvalue weighted by molar-refractivity contribution is 0.0953. The van der Waals surface area contributed by atoms with E-state index in [1.165, 1.54) is 12.8 Å². The van der Waals surface area contributed by atoms with E-state index < -0.39 is 0 Å². The number of aryl methyl sites for hydroxylation is 1. The summed E-state index contributed by atoms with van der Waals surface area (Å²) in [7, 11) is 0. The van der Waals surface area contributed by atoms with Crippen molar-refractivity contribution < 1.29 is 9.53 Å². The molecule has 3 heterocycles. The van der Waals surface area contributed by atoms with Gasteiger partial charge in [-0.05, 0) is 44.4 Å². The average Bonchev–Trinajstić information content (AvgIpc) is 3.45. The van der Waals surface area contributed by atoms with Gasteiger partial charge in [0.1, 0.15) is 17.4 Å². The number of hydrogen-bond acceptors (Lipinski definition) is 5. The summed E-state index contributed by atoms with van der Waals surface area (Å²) in [6.45, 7) is 5.20. The molecule has 0 saturated carbocycles. The maximum absolute atomic E-state index is 12.6. The molecule has 29 heavy (non-hydrogen) atoms. The number of nitrogens with one attached hydrogen (secondary N) is 2. The molecule has 2 aromatic heterocycles. The number of carbonyl (C=O) groups excluding carboxylic acids is 1. The van der Waals surface area contributed by atoms with Gasteiger partial charge in [-0.2, -0.15) is 0 Å². The molecule has 0 radical (unpaired) electrons. The molecule has 0 atom stereocenters. The molecule has 152 valence electrons. The number of pyridine rings is 1. The van der Waals surface area contributed by atoms with Crippen LogP contribution in [0, 0.1) is 0 Å². The van der Waals surface area contributed by atoms with Gasteiger partial charge in [0.25, 0.3) is 5.91 Å². The fourth-order valence-corrected chi connectivity index (χ4v) is 3.70. The van der Waals surface area contributed by atoms with Gasteiger partial charge < -0.3 is 19.9 Å². The molecular weight excluding hydrogens is 366 g/mol. The number of fused-ring (bicyclic) bond motifs is 1. The Hall–Kier alpha value is -3.09. The molecule has 4 rings (SSSR count). The van der Waals surface area contributed by atoms with E-state index in [-0.39, 0.29) is 5.91 Å². The highest BCUT2D eigenvalue weighted by atomic mass is 16.5. The molecule has 1 amide bonds. The Morgan fingerprint density at radius 3 is 2.90 bits per heavy atom. The number of anilines is 1. The van der Waals surface area contributed by atoms with Gasteiger partial charge in [0.05, 0.1) is 12.1 Å². The van der Waals surface area contributed by atoms with Crippen molar-refractivity contribution in [2.75, 3.05) is 31.1 Å². The second-order valence-electron chi connectivity index (χ2n) is 7.23. The summed E-state index contributed by atoms with van der Waals surface area (Å²) in [6, 6.07) is 7.65. The largest absolute Gasteiger partial charge is 0.493 e. The minimum Gasteiger partial charge on any atom is -0.493 e. The van der Waals surface area contributed by atoms with Crippen LogP contribution in [0.3, 0.4) is 0 Å². The van der Waals surface area contributed by atoms with E-state index in [0.717, 1.165) is 54.2 Å². The normalized spacial score (nSPS) is 13.8. The molecule has 1 saturated heterocycles. The van der Waals surface area contributed by atoms with Gasteiger partial charge in [-0.1, -0.05) is 0 Å². The zero-order valence-corrected chi connectivity index (χ0v) is 16.8. The molecule has 0 spiro atoms. The molecule has 0 unspecified atom stereocenters. The third kappa shape index (κ3) is 4.50. The van der Waals surface area contributed by atoms with Crippen LogP contribution < -0.4 is 15.0 Å². The van der Waals surface area contributed by atoms with Gasteiger partial charge in [-0.15, -0.1) is 0 Å². The quantitative estimate of drug-likeness (QED) is 0.574. The first-order valence-corrected chi connectivity index (χ1v) is 10.3. The monoisotopic (exact) mass is 393 g/mol. The lowest BCUT2D eigenvalue weighted by Gasteiger charge is -2.19. The first kappa shape index (κ1) is 19.2. The lowest BCUT2D eigenvalue weighted by atomic mass is 10.1. The second kappa shape index (κ2) is 8.94. The summed E-state index contributed by atoms with van der Waals surface area (Å²) in [5.41, 5.74) is 1.41. The highest BCUT2D eigenvalue weighted by Gasteiger charge is 2.17. The average molecular weight is 393 g/mol. The van der Waals surface area contributed by atoms with E-state index >= 15 is 0 Å². The van der Waals surface area contributed by atoms with Gasteiger partial charge in [-0.3, -0.25) is 4.79 Å². The summed E-state index contributed by atoms with van der Waals surface area (Å²) in [5.74, 6) is 2.60. The number of carbonyl (C=O) groups is 1. The zero-order valence-electron chi connectivity index (χ0n) is 16.8. The minimum atomic E-state index is -0.0855. The first-order valence-electron chi connectivity index (χ1n) is 10.3. The molecule has 0 bridgehead atoms. The number of imidazole rings is 1. The van der Waals surface area contributed by atoms with Crippen LogP contribution in [0.5, 0.6) is 5.75 Å². The fourth-order valence-electron chi connectivity index (χ4n) is 3.70. The number of rotatable bonds is 8. The third-order valence-electron chi connectivity index (χ3n) is 5.18. The molecule has 1 aliphatic heterocycles. The van der Waals surface area contributed by atoms with Crippen molar-refractivity contribution >= 4 is 22.6 Å². The second-order valence-corrected chi connectivity index (χ2v) is 7.23. The number of amides is 1. The van der Waals surface area contributed by atoms with Gasteiger partial charge in [-0.25, -0.2) is 9.97 Å². The summed E-state index contributed by atoms with van der Waals surface area (Å²) in [4.78, 5) is 27.0. The number of nitrogens with zero attached hydrogens (tertiary/aromatic N) is 3. The van der Waals surface area contributed by atoms with Gasteiger partial charge in [0.2, 0.25) is 0 Å². The van der Waals surface area contributed by atoms with E-state index in [9.17, 15) is 4.79 Å². The number of ether oxygens (including phenoxy) is 1. The van der Waals surface area contributed by atoms with Gasteiger partial charge in [0.15, 0.2) is 0 Å². The standard InChI is InChI=1S/C22H27N5O2/c1-2-29-19-15-21(27-12-3-4-13-27)26-18-14-16(7-8-17(18)19)22(28)25-9-5-6-20-23-10-11-24-20/h7-8,10-11,14-15H,2-6,9,12-13H2,1H3,(H,23,24)(H,25,28). The van der Waals surface area contributed by atoms with E-state index in [4.69, 9.17) is 9.72 Å². The van der Waals surface area contributed by atoms with Crippen molar-refractivity contribution in [3.05, 3.63) is 48.0 Å². The van der Waals surface area contributed by atoms with Crippen LogP contribution in [0.15, 0.2) is 36.7 Å². The van der Waals surface area contributed by atoms with E-state index in [2.05, 4.69) is 20.2 Å². The predicted octanol–water partition coefficient (Wildman–Crippen LogP) is 3.32. The van der Waals surface area contributed by atoms with Crippen molar-refractivity contribution in [2.45, 2.75) is 32.6 Å². The highest BCUT2D eigenvalue weighted by Crippen LogP contribution is 2.31. The molecule has 1 fully saturated rings. The molecule has 0 aliphatic carbocycles.